The first-order chi connectivity index (χ1) is 9.12. The van der Waals surface area contributed by atoms with Crippen molar-refractivity contribution in [1.82, 2.24) is 4.90 Å². The molecule has 1 heterocycles. The van der Waals surface area contributed by atoms with Gasteiger partial charge in [0.25, 0.3) is 0 Å². The Balaban J connectivity index is 2.42. The predicted molar refractivity (Wildman–Crippen MR) is 80.4 cm³/mol. The van der Waals surface area contributed by atoms with Gasteiger partial charge < -0.3 is 14.4 Å². The van der Waals surface area contributed by atoms with E-state index >= 15 is 0 Å². The topological polar surface area (TPSA) is 21.7 Å². The highest BCUT2D eigenvalue weighted by Crippen LogP contribution is 2.35. The summed E-state index contributed by atoms with van der Waals surface area (Å²) in [4.78, 5) is 2.21. The van der Waals surface area contributed by atoms with Crippen molar-refractivity contribution in [2.24, 2.45) is 0 Å². The second-order valence-electron chi connectivity index (χ2n) is 6.11. The molecule has 1 aliphatic heterocycles. The summed E-state index contributed by atoms with van der Waals surface area (Å²) in [7, 11) is 4.22. The van der Waals surface area contributed by atoms with E-state index in [4.69, 9.17) is 9.47 Å². The van der Waals surface area contributed by atoms with Crippen LogP contribution in [0.25, 0.3) is 0 Å². The third-order valence-corrected chi connectivity index (χ3v) is 3.88. The summed E-state index contributed by atoms with van der Waals surface area (Å²) in [5.41, 5.74) is 0. The Labute approximate surface area is 119 Å². The fourth-order valence-electron chi connectivity index (χ4n) is 2.64. The van der Waals surface area contributed by atoms with E-state index in [1.54, 1.807) is 0 Å². The van der Waals surface area contributed by atoms with Gasteiger partial charge in [-0.25, -0.2) is 0 Å². The standard InChI is InChI=1S/C16H33NO2/c1-5-7-9-12-16(11-8-6-2)18-14-15(19-16)10-13-17(3)4/h15H,5-14H2,1-4H3. The second kappa shape index (κ2) is 8.93. The van der Waals surface area contributed by atoms with E-state index in [0.29, 0.717) is 6.10 Å². The third-order valence-electron chi connectivity index (χ3n) is 3.88. The molecule has 0 radical (unpaired) electrons. The maximum atomic E-state index is 6.30. The average Bonchev–Trinajstić information content (AvgIpc) is 2.79. The summed E-state index contributed by atoms with van der Waals surface area (Å²) in [6, 6.07) is 0. The normalized spacial score (nSPS) is 27.3. The number of hydrogen-bond donors (Lipinski definition) is 0. The average molecular weight is 271 g/mol. The number of nitrogens with zero attached hydrogens (tertiary/aromatic N) is 1. The molecule has 0 aromatic carbocycles. The molecule has 0 bridgehead atoms. The van der Waals surface area contributed by atoms with Gasteiger partial charge in [-0.1, -0.05) is 33.1 Å². The van der Waals surface area contributed by atoms with Crippen LogP contribution in [0.1, 0.15) is 65.2 Å². The molecule has 114 valence electrons. The van der Waals surface area contributed by atoms with Gasteiger partial charge in [-0.05, 0) is 33.4 Å². The lowest BCUT2D eigenvalue weighted by Gasteiger charge is -2.28. The van der Waals surface area contributed by atoms with E-state index in [-0.39, 0.29) is 5.79 Å². The molecule has 1 saturated heterocycles. The lowest BCUT2D eigenvalue weighted by molar-refractivity contribution is -0.179. The smallest absolute Gasteiger partial charge is 0.168 e. The minimum Gasteiger partial charge on any atom is -0.347 e. The van der Waals surface area contributed by atoms with E-state index in [2.05, 4.69) is 32.8 Å². The summed E-state index contributed by atoms with van der Waals surface area (Å²) in [6.07, 6.45) is 9.68. The maximum Gasteiger partial charge on any atom is 0.168 e. The van der Waals surface area contributed by atoms with Gasteiger partial charge in [0.2, 0.25) is 0 Å². The van der Waals surface area contributed by atoms with Gasteiger partial charge in [-0.15, -0.1) is 0 Å². The fraction of sp³-hybridized carbons (Fsp3) is 1.00. The first-order valence-electron chi connectivity index (χ1n) is 8.08. The van der Waals surface area contributed by atoms with Crippen LogP contribution in [-0.4, -0.2) is 44.0 Å². The van der Waals surface area contributed by atoms with Crippen LogP contribution in [0.4, 0.5) is 0 Å². The zero-order chi connectivity index (χ0) is 14.1. The van der Waals surface area contributed by atoms with Crippen molar-refractivity contribution in [3.05, 3.63) is 0 Å². The van der Waals surface area contributed by atoms with Crippen molar-refractivity contribution >= 4 is 0 Å². The van der Waals surface area contributed by atoms with E-state index < -0.39 is 0 Å². The molecule has 0 spiro atoms. The molecule has 0 saturated carbocycles. The first-order valence-corrected chi connectivity index (χ1v) is 8.08. The molecule has 3 heteroatoms. The van der Waals surface area contributed by atoms with Crippen LogP contribution < -0.4 is 0 Å². The number of ether oxygens (including phenoxy) is 2. The van der Waals surface area contributed by atoms with Gasteiger partial charge in [0.05, 0.1) is 12.7 Å². The van der Waals surface area contributed by atoms with E-state index in [1.165, 1.54) is 32.1 Å². The Hall–Kier alpha value is -0.120. The Kier molecular flexibility index (Phi) is 7.96. The molecule has 0 aromatic heterocycles. The molecule has 19 heavy (non-hydrogen) atoms. The zero-order valence-electron chi connectivity index (χ0n) is 13.4. The summed E-state index contributed by atoms with van der Waals surface area (Å²) in [6.45, 7) is 6.34. The van der Waals surface area contributed by atoms with Gasteiger partial charge in [-0.2, -0.15) is 0 Å². The molecular formula is C16H33NO2. The molecule has 2 atom stereocenters. The van der Waals surface area contributed by atoms with Crippen LogP contribution in [0, 0.1) is 0 Å². The number of rotatable bonds is 10. The molecule has 0 aliphatic carbocycles. The highest BCUT2D eigenvalue weighted by atomic mass is 16.7. The van der Waals surface area contributed by atoms with Crippen molar-refractivity contribution in [3.63, 3.8) is 0 Å². The summed E-state index contributed by atoms with van der Waals surface area (Å²) in [5, 5.41) is 0. The van der Waals surface area contributed by atoms with Crippen LogP contribution >= 0.6 is 0 Å². The SMILES string of the molecule is CCCCCC1(CCCC)OCC(CCN(C)C)O1. The molecule has 1 aliphatic rings. The van der Waals surface area contributed by atoms with Gasteiger partial charge in [0, 0.05) is 19.4 Å². The maximum absolute atomic E-state index is 6.30. The quantitative estimate of drug-likeness (QED) is 0.564. The van der Waals surface area contributed by atoms with Crippen LogP contribution in [0.5, 0.6) is 0 Å². The van der Waals surface area contributed by atoms with Crippen LogP contribution in [0.15, 0.2) is 0 Å². The van der Waals surface area contributed by atoms with Crippen LogP contribution in [0.2, 0.25) is 0 Å². The molecule has 0 amide bonds. The Bertz CT molecular complexity index is 233. The lowest BCUT2D eigenvalue weighted by atomic mass is 10.0. The summed E-state index contributed by atoms with van der Waals surface area (Å²) < 4.78 is 12.4. The largest absolute Gasteiger partial charge is 0.347 e. The van der Waals surface area contributed by atoms with E-state index in [1.807, 2.05) is 0 Å². The highest BCUT2D eigenvalue weighted by Gasteiger charge is 2.40. The van der Waals surface area contributed by atoms with Gasteiger partial charge in [0.1, 0.15) is 0 Å². The Morgan fingerprint density at radius 3 is 2.37 bits per heavy atom. The second-order valence-corrected chi connectivity index (χ2v) is 6.11. The van der Waals surface area contributed by atoms with Crippen LogP contribution in [0.3, 0.4) is 0 Å². The summed E-state index contributed by atoms with van der Waals surface area (Å²) >= 11 is 0. The predicted octanol–water partition coefficient (Wildman–Crippen LogP) is 3.82. The minimum absolute atomic E-state index is 0.262. The first kappa shape index (κ1) is 16.9. The fourth-order valence-corrected chi connectivity index (χ4v) is 2.64. The molecule has 1 fully saturated rings. The zero-order valence-corrected chi connectivity index (χ0v) is 13.4. The lowest BCUT2D eigenvalue weighted by Crippen LogP contribution is -2.31. The van der Waals surface area contributed by atoms with E-state index in [9.17, 15) is 0 Å². The summed E-state index contributed by atoms with van der Waals surface area (Å²) in [5.74, 6) is -0.262. The van der Waals surface area contributed by atoms with Crippen molar-refractivity contribution in [1.29, 1.82) is 0 Å². The van der Waals surface area contributed by atoms with Crippen LogP contribution in [-0.2, 0) is 9.47 Å². The minimum atomic E-state index is -0.262. The van der Waals surface area contributed by atoms with Crippen molar-refractivity contribution in [2.75, 3.05) is 27.2 Å². The van der Waals surface area contributed by atoms with E-state index in [0.717, 1.165) is 32.4 Å². The van der Waals surface area contributed by atoms with Crippen molar-refractivity contribution < 1.29 is 9.47 Å². The van der Waals surface area contributed by atoms with Gasteiger partial charge in [0.15, 0.2) is 5.79 Å². The molecule has 1 rings (SSSR count). The Morgan fingerprint density at radius 1 is 1.05 bits per heavy atom. The highest BCUT2D eigenvalue weighted by molar-refractivity contribution is 4.79. The van der Waals surface area contributed by atoms with Gasteiger partial charge in [-0.3, -0.25) is 0 Å². The van der Waals surface area contributed by atoms with Crippen molar-refractivity contribution in [2.45, 2.75) is 77.1 Å². The van der Waals surface area contributed by atoms with Gasteiger partial charge >= 0.3 is 0 Å². The monoisotopic (exact) mass is 271 g/mol. The third kappa shape index (κ3) is 6.24. The molecule has 0 N–H and O–H groups in total. The molecule has 0 aromatic rings. The van der Waals surface area contributed by atoms with Crippen molar-refractivity contribution in [3.8, 4) is 0 Å². The molecule has 2 unspecified atom stereocenters. The molecule has 3 nitrogen and oxygen atoms in total. The number of hydrogen-bond acceptors (Lipinski definition) is 3. The Morgan fingerprint density at radius 2 is 1.74 bits per heavy atom. The number of unbranched alkanes of at least 4 members (excludes halogenated alkanes) is 3. The molecular weight excluding hydrogens is 238 g/mol.